The van der Waals surface area contributed by atoms with Crippen LogP contribution in [0.2, 0.25) is 0 Å². The Hall–Kier alpha value is -0.0800. The van der Waals surface area contributed by atoms with E-state index in [1.165, 1.54) is 51.6 Å². The first-order valence-electron chi connectivity index (χ1n) is 6.80. The van der Waals surface area contributed by atoms with Crippen LogP contribution in [-0.4, -0.2) is 36.1 Å². The van der Waals surface area contributed by atoms with Gasteiger partial charge in [-0.15, -0.1) is 0 Å². The molecule has 0 spiro atoms. The van der Waals surface area contributed by atoms with Gasteiger partial charge in [0.1, 0.15) is 0 Å². The molecule has 2 nitrogen and oxygen atoms in total. The second-order valence-corrected chi connectivity index (χ2v) is 5.30. The van der Waals surface area contributed by atoms with E-state index in [0.29, 0.717) is 0 Å². The van der Waals surface area contributed by atoms with Gasteiger partial charge in [-0.25, -0.2) is 0 Å². The zero-order valence-corrected chi connectivity index (χ0v) is 10.3. The van der Waals surface area contributed by atoms with Crippen molar-refractivity contribution in [2.75, 3.05) is 13.1 Å². The molecule has 0 radical (unpaired) electrons. The van der Waals surface area contributed by atoms with Crippen molar-refractivity contribution in [1.29, 1.82) is 0 Å². The largest absolute Gasteiger partial charge is 0.314 e. The maximum atomic E-state index is 3.55. The van der Waals surface area contributed by atoms with Gasteiger partial charge in [-0.1, -0.05) is 19.8 Å². The number of piperidine rings is 1. The van der Waals surface area contributed by atoms with Crippen molar-refractivity contribution in [2.45, 2.75) is 70.5 Å². The number of hydrogen-bond donors (Lipinski definition) is 1. The number of nitrogens with one attached hydrogen (secondary N) is 1. The zero-order valence-electron chi connectivity index (χ0n) is 10.3. The Morgan fingerprint density at radius 2 is 1.87 bits per heavy atom. The topological polar surface area (TPSA) is 15.3 Å². The van der Waals surface area contributed by atoms with E-state index in [2.05, 4.69) is 24.1 Å². The Morgan fingerprint density at radius 1 is 1.13 bits per heavy atom. The summed E-state index contributed by atoms with van der Waals surface area (Å²) in [6, 6.07) is 2.49. The molecule has 1 aliphatic carbocycles. The van der Waals surface area contributed by atoms with Crippen LogP contribution in [0.25, 0.3) is 0 Å². The summed E-state index contributed by atoms with van der Waals surface area (Å²) in [7, 11) is 0. The van der Waals surface area contributed by atoms with Crippen molar-refractivity contribution in [3.63, 3.8) is 0 Å². The summed E-state index contributed by atoms with van der Waals surface area (Å²) in [4.78, 5) is 2.80. The SMILES string of the molecule is CCN(C1CCCC1)C1CCNC(C)C1. The molecular formula is C13H26N2. The Kier molecular flexibility index (Phi) is 4.04. The summed E-state index contributed by atoms with van der Waals surface area (Å²) in [5, 5.41) is 3.55. The molecule has 0 bridgehead atoms. The first-order valence-corrected chi connectivity index (χ1v) is 6.80. The monoisotopic (exact) mass is 210 g/mol. The molecule has 0 aromatic rings. The van der Waals surface area contributed by atoms with E-state index in [1.54, 1.807) is 0 Å². The molecule has 1 saturated carbocycles. The van der Waals surface area contributed by atoms with Crippen molar-refractivity contribution in [1.82, 2.24) is 10.2 Å². The minimum atomic E-state index is 0.721. The first-order chi connectivity index (χ1) is 7.31. The smallest absolute Gasteiger partial charge is 0.0125 e. The van der Waals surface area contributed by atoms with Gasteiger partial charge in [0.2, 0.25) is 0 Å². The highest BCUT2D eigenvalue weighted by Crippen LogP contribution is 2.28. The van der Waals surface area contributed by atoms with Crippen molar-refractivity contribution in [3.8, 4) is 0 Å². The Bertz CT molecular complexity index is 187. The van der Waals surface area contributed by atoms with Crippen molar-refractivity contribution < 1.29 is 0 Å². The number of hydrogen-bond acceptors (Lipinski definition) is 2. The third kappa shape index (κ3) is 2.73. The van der Waals surface area contributed by atoms with E-state index in [0.717, 1.165) is 18.1 Å². The van der Waals surface area contributed by atoms with Crippen LogP contribution in [0.1, 0.15) is 52.4 Å². The van der Waals surface area contributed by atoms with Gasteiger partial charge in [0.25, 0.3) is 0 Å². The lowest BCUT2D eigenvalue weighted by Gasteiger charge is -2.40. The lowest BCUT2D eigenvalue weighted by Crippen LogP contribution is -2.49. The lowest BCUT2D eigenvalue weighted by molar-refractivity contribution is 0.106. The molecule has 1 N–H and O–H groups in total. The molecule has 1 saturated heterocycles. The van der Waals surface area contributed by atoms with Gasteiger partial charge >= 0.3 is 0 Å². The molecule has 2 aliphatic rings. The van der Waals surface area contributed by atoms with Crippen molar-refractivity contribution in [3.05, 3.63) is 0 Å². The summed E-state index contributed by atoms with van der Waals surface area (Å²) in [5.41, 5.74) is 0. The molecule has 1 aliphatic heterocycles. The average molecular weight is 210 g/mol. The van der Waals surface area contributed by atoms with Crippen LogP contribution in [0.5, 0.6) is 0 Å². The van der Waals surface area contributed by atoms with Crippen LogP contribution in [-0.2, 0) is 0 Å². The molecule has 15 heavy (non-hydrogen) atoms. The molecular weight excluding hydrogens is 184 g/mol. The van der Waals surface area contributed by atoms with Crippen LogP contribution in [0, 0.1) is 0 Å². The predicted octanol–water partition coefficient (Wildman–Crippen LogP) is 2.39. The quantitative estimate of drug-likeness (QED) is 0.769. The van der Waals surface area contributed by atoms with Crippen molar-refractivity contribution >= 4 is 0 Å². The highest BCUT2D eigenvalue weighted by Gasteiger charge is 2.29. The number of rotatable bonds is 3. The van der Waals surface area contributed by atoms with Gasteiger partial charge in [-0.05, 0) is 45.7 Å². The summed E-state index contributed by atoms with van der Waals surface area (Å²) < 4.78 is 0. The van der Waals surface area contributed by atoms with Gasteiger partial charge in [0, 0.05) is 18.1 Å². The van der Waals surface area contributed by atoms with E-state index in [4.69, 9.17) is 0 Å². The molecule has 88 valence electrons. The Balaban J connectivity index is 1.92. The summed E-state index contributed by atoms with van der Waals surface area (Å²) in [6.45, 7) is 7.14. The summed E-state index contributed by atoms with van der Waals surface area (Å²) >= 11 is 0. The van der Waals surface area contributed by atoms with E-state index in [-0.39, 0.29) is 0 Å². The van der Waals surface area contributed by atoms with Gasteiger partial charge < -0.3 is 5.32 Å². The van der Waals surface area contributed by atoms with E-state index in [1.807, 2.05) is 0 Å². The molecule has 0 aromatic heterocycles. The second kappa shape index (κ2) is 5.31. The van der Waals surface area contributed by atoms with Gasteiger partial charge in [0.05, 0.1) is 0 Å². The summed E-state index contributed by atoms with van der Waals surface area (Å²) in [5.74, 6) is 0. The van der Waals surface area contributed by atoms with Gasteiger partial charge in [-0.3, -0.25) is 4.90 Å². The van der Waals surface area contributed by atoms with Gasteiger partial charge in [0.15, 0.2) is 0 Å². The molecule has 2 unspecified atom stereocenters. The van der Waals surface area contributed by atoms with Crippen LogP contribution in [0.4, 0.5) is 0 Å². The van der Waals surface area contributed by atoms with Crippen LogP contribution in [0.3, 0.4) is 0 Å². The predicted molar refractivity (Wildman–Crippen MR) is 65.1 cm³/mol. The summed E-state index contributed by atoms with van der Waals surface area (Å²) in [6.07, 6.45) is 8.53. The fourth-order valence-corrected chi connectivity index (χ4v) is 3.46. The molecule has 0 aromatic carbocycles. The van der Waals surface area contributed by atoms with Crippen LogP contribution >= 0.6 is 0 Å². The third-order valence-corrected chi connectivity index (χ3v) is 4.22. The highest BCUT2D eigenvalue weighted by molar-refractivity contribution is 4.87. The first kappa shape index (κ1) is 11.4. The fraction of sp³-hybridized carbons (Fsp3) is 1.00. The highest BCUT2D eigenvalue weighted by atomic mass is 15.2. The fourth-order valence-electron chi connectivity index (χ4n) is 3.46. The Labute approximate surface area is 94.4 Å². The van der Waals surface area contributed by atoms with Crippen LogP contribution < -0.4 is 5.32 Å². The van der Waals surface area contributed by atoms with E-state index in [9.17, 15) is 0 Å². The molecule has 2 rings (SSSR count). The van der Waals surface area contributed by atoms with Crippen LogP contribution in [0.15, 0.2) is 0 Å². The maximum absolute atomic E-state index is 3.55. The minimum Gasteiger partial charge on any atom is -0.314 e. The normalized spacial score (nSPS) is 33.8. The standard InChI is InChI=1S/C13H26N2/c1-3-15(12-6-4-5-7-12)13-8-9-14-11(2)10-13/h11-14H,3-10H2,1-2H3. The molecule has 1 heterocycles. The zero-order chi connectivity index (χ0) is 10.7. The van der Waals surface area contributed by atoms with Gasteiger partial charge in [-0.2, -0.15) is 0 Å². The Morgan fingerprint density at radius 3 is 2.47 bits per heavy atom. The molecule has 2 atom stereocenters. The third-order valence-electron chi connectivity index (χ3n) is 4.22. The second-order valence-electron chi connectivity index (χ2n) is 5.30. The lowest BCUT2D eigenvalue weighted by atomic mass is 9.97. The van der Waals surface area contributed by atoms with Crippen molar-refractivity contribution in [2.24, 2.45) is 0 Å². The van der Waals surface area contributed by atoms with E-state index >= 15 is 0 Å². The molecule has 2 fully saturated rings. The molecule has 0 amide bonds. The van der Waals surface area contributed by atoms with E-state index < -0.39 is 0 Å². The number of nitrogens with zero attached hydrogens (tertiary/aromatic N) is 1. The molecule has 2 heteroatoms. The average Bonchev–Trinajstić information content (AvgIpc) is 2.72. The minimum absolute atomic E-state index is 0.721. The maximum Gasteiger partial charge on any atom is 0.0125 e.